The van der Waals surface area contributed by atoms with Gasteiger partial charge in [-0.25, -0.2) is 22.9 Å². The number of nitrogens with zero attached hydrogens (tertiary/aromatic N) is 1. The number of sulfonamides is 1. The Morgan fingerprint density at radius 3 is 2.33 bits per heavy atom. The van der Waals surface area contributed by atoms with Crippen molar-refractivity contribution in [2.24, 2.45) is 0 Å². The van der Waals surface area contributed by atoms with E-state index in [4.69, 9.17) is 4.74 Å². The number of unbranched alkanes of at least 4 members (excludes halogenated alkanes) is 1. The molecule has 1 aromatic carbocycles. The summed E-state index contributed by atoms with van der Waals surface area (Å²) in [6, 6.07) is 8.67. The average Bonchev–Trinajstić information content (AvgIpc) is 2.79. The summed E-state index contributed by atoms with van der Waals surface area (Å²) in [7, 11) is -4.10. The maximum absolute atomic E-state index is 12.5. The van der Waals surface area contributed by atoms with E-state index < -0.39 is 21.9 Å². The van der Waals surface area contributed by atoms with Crippen LogP contribution in [0.15, 0.2) is 47.5 Å². The van der Waals surface area contributed by atoms with Gasteiger partial charge in [0.2, 0.25) is 5.91 Å². The number of hydrogen-bond acceptors (Lipinski definition) is 7. The predicted molar refractivity (Wildman–Crippen MR) is 122 cm³/mol. The first-order valence-corrected chi connectivity index (χ1v) is 12.3. The van der Waals surface area contributed by atoms with Crippen molar-refractivity contribution in [1.29, 1.82) is 0 Å². The van der Waals surface area contributed by atoms with Gasteiger partial charge in [-0.3, -0.25) is 9.59 Å². The molecule has 0 bridgehead atoms. The van der Waals surface area contributed by atoms with E-state index in [0.29, 0.717) is 19.4 Å². The topological polar surface area (TPSA) is 132 Å². The molecule has 2 amide bonds. The molecule has 0 unspecified atom stereocenters. The number of ether oxygens (including phenoxy) is 1. The molecule has 0 spiro atoms. The van der Waals surface area contributed by atoms with Crippen LogP contribution in [0, 0.1) is 0 Å². The van der Waals surface area contributed by atoms with Gasteiger partial charge < -0.3 is 10.1 Å². The third kappa shape index (κ3) is 8.30. The average molecular weight is 476 g/mol. The molecule has 0 saturated carbocycles. The highest BCUT2D eigenvalue weighted by Crippen LogP contribution is 2.12. The SMILES string of the molecule is CCCCOC(=O)c1ccc(C(=O)NS(=O)(=O)c2ccc(CCNC(=O)CCC)cc2)cn1. The van der Waals surface area contributed by atoms with Crippen LogP contribution in [0.3, 0.4) is 0 Å². The van der Waals surface area contributed by atoms with Crippen LogP contribution in [0.4, 0.5) is 0 Å². The van der Waals surface area contributed by atoms with Gasteiger partial charge in [0.1, 0.15) is 5.69 Å². The summed E-state index contributed by atoms with van der Waals surface area (Å²) < 4.78 is 32.1. The van der Waals surface area contributed by atoms with Crippen molar-refractivity contribution in [1.82, 2.24) is 15.0 Å². The van der Waals surface area contributed by atoms with Crippen LogP contribution in [-0.2, 0) is 26.0 Å². The molecule has 0 saturated heterocycles. The zero-order chi connectivity index (χ0) is 24.3. The predicted octanol–water partition coefficient (Wildman–Crippen LogP) is 2.62. The number of aromatic nitrogens is 1. The molecule has 2 rings (SSSR count). The van der Waals surface area contributed by atoms with E-state index in [1.54, 1.807) is 12.1 Å². The first-order chi connectivity index (χ1) is 15.8. The molecule has 0 atom stereocenters. The summed E-state index contributed by atoms with van der Waals surface area (Å²) in [6.07, 6.45) is 4.54. The number of pyridine rings is 1. The van der Waals surface area contributed by atoms with Gasteiger partial charge in [-0.15, -0.1) is 0 Å². The molecule has 2 aromatic rings. The fraction of sp³-hybridized carbons (Fsp3) is 0.391. The Morgan fingerprint density at radius 1 is 1.00 bits per heavy atom. The normalized spacial score (nSPS) is 11.0. The molecule has 0 aliphatic heterocycles. The second-order valence-corrected chi connectivity index (χ2v) is 9.03. The smallest absolute Gasteiger partial charge is 0.356 e. The molecule has 1 aromatic heterocycles. The number of hydrogen-bond donors (Lipinski definition) is 2. The fourth-order valence-electron chi connectivity index (χ4n) is 2.77. The molecule has 33 heavy (non-hydrogen) atoms. The molecule has 0 aliphatic rings. The summed E-state index contributed by atoms with van der Waals surface area (Å²) in [5, 5.41) is 2.80. The fourth-order valence-corrected chi connectivity index (χ4v) is 3.74. The van der Waals surface area contributed by atoms with Crippen molar-refractivity contribution in [3.05, 3.63) is 59.4 Å². The van der Waals surface area contributed by atoms with Gasteiger partial charge in [-0.2, -0.15) is 0 Å². The Kier molecular flexibility index (Phi) is 9.99. The van der Waals surface area contributed by atoms with Crippen molar-refractivity contribution in [3.63, 3.8) is 0 Å². The van der Waals surface area contributed by atoms with Crippen molar-refractivity contribution in [2.75, 3.05) is 13.2 Å². The number of esters is 1. The van der Waals surface area contributed by atoms with E-state index in [0.717, 1.165) is 31.0 Å². The summed E-state index contributed by atoms with van der Waals surface area (Å²) in [5.74, 6) is -1.49. The first kappa shape index (κ1) is 26.0. The zero-order valence-corrected chi connectivity index (χ0v) is 19.6. The van der Waals surface area contributed by atoms with Crippen molar-refractivity contribution in [3.8, 4) is 0 Å². The molecule has 0 fully saturated rings. The van der Waals surface area contributed by atoms with Crippen molar-refractivity contribution in [2.45, 2.75) is 50.8 Å². The second kappa shape index (κ2) is 12.7. The Labute approximate surface area is 194 Å². The van der Waals surface area contributed by atoms with Crippen molar-refractivity contribution < 1.29 is 27.5 Å². The summed E-state index contributed by atoms with van der Waals surface area (Å²) >= 11 is 0. The van der Waals surface area contributed by atoms with Gasteiger partial charge in [0.15, 0.2) is 0 Å². The Balaban J connectivity index is 1.94. The van der Waals surface area contributed by atoms with Crippen LogP contribution < -0.4 is 10.0 Å². The molecule has 10 heteroatoms. The summed E-state index contributed by atoms with van der Waals surface area (Å²) in [6.45, 7) is 4.63. The van der Waals surface area contributed by atoms with E-state index in [2.05, 4.69) is 10.3 Å². The number of benzene rings is 1. The lowest BCUT2D eigenvalue weighted by Crippen LogP contribution is -2.30. The Morgan fingerprint density at radius 2 is 1.73 bits per heavy atom. The minimum absolute atomic E-state index is 0.0110. The van der Waals surface area contributed by atoms with E-state index in [-0.39, 0.29) is 28.7 Å². The highest BCUT2D eigenvalue weighted by atomic mass is 32.2. The van der Waals surface area contributed by atoms with Crippen LogP contribution in [0.5, 0.6) is 0 Å². The Hall–Kier alpha value is -3.27. The molecular formula is C23H29N3O6S. The molecule has 0 radical (unpaired) electrons. The monoisotopic (exact) mass is 475 g/mol. The third-order valence-corrected chi connectivity index (χ3v) is 5.99. The van der Waals surface area contributed by atoms with Crippen LogP contribution in [0.1, 0.15) is 65.9 Å². The standard InChI is InChI=1S/C23H29N3O6S/c1-3-5-15-32-23(29)20-12-9-18(16-25-20)22(28)26-33(30,31)19-10-7-17(8-11-19)13-14-24-21(27)6-4-2/h7-12,16H,3-6,13-15H2,1-2H3,(H,24,27)(H,26,28). The lowest BCUT2D eigenvalue weighted by atomic mass is 10.1. The van der Waals surface area contributed by atoms with Gasteiger partial charge in [0.05, 0.1) is 17.1 Å². The highest BCUT2D eigenvalue weighted by molar-refractivity contribution is 7.90. The Bertz CT molecular complexity index is 1050. The molecule has 9 nitrogen and oxygen atoms in total. The van der Waals surface area contributed by atoms with Gasteiger partial charge in [-0.1, -0.05) is 32.4 Å². The highest BCUT2D eigenvalue weighted by Gasteiger charge is 2.19. The van der Waals surface area contributed by atoms with Crippen molar-refractivity contribution >= 4 is 27.8 Å². The zero-order valence-electron chi connectivity index (χ0n) is 18.8. The van der Waals surface area contributed by atoms with E-state index in [9.17, 15) is 22.8 Å². The van der Waals surface area contributed by atoms with Crippen LogP contribution >= 0.6 is 0 Å². The lowest BCUT2D eigenvalue weighted by molar-refractivity contribution is -0.121. The minimum atomic E-state index is -4.10. The maximum atomic E-state index is 12.5. The summed E-state index contributed by atoms with van der Waals surface area (Å²) in [4.78, 5) is 39.5. The molecular weight excluding hydrogens is 446 g/mol. The summed E-state index contributed by atoms with van der Waals surface area (Å²) in [5.41, 5.74) is 0.873. The van der Waals surface area contributed by atoms with Gasteiger partial charge in [0, 0.05) is 19.2 Å². The van der Waals surface area contributed by atoms with E-state index >= 15 is 0 Å². The first-order valence-electron chi connectivity index (χ1n) is 10.8. The van der Waals surface area contributed by atoms with Crippen LogP contribution in [0.2, 0.25) is 0 Å². The largest absolute Gasteiger partial charge is 0.461 e. The molecule has 178 valence electrons. The third-order valence-electron chi connectivity index (χ3n) is 4.64. The van der Waals surface area contributed by atoms with Gasteiger partial charge in [0.25, 0.3) is 15.9 Å². The maximum Gasteiger partial charge on any atom is 0.356 e. The second-order valence-electron chi connectivity index (χ2n) is 7.35. The number of nitrogens with one attached hydrogen (secondary N) is 2. The number of amides is 2. The van der Waals surface area contributed by atoms with Gasteiger partial charge >= 0.3 is 5.97 Å². The van der Waals surface area contributed by atoms with Crippen LogP contribution in [-0.4, -0.2) is 44.3 Å². The quantitative estimate of drug-likeness (QED) is 0.356. The molecule has 1 heterocycles. The minimum Gasteiger partial charge on any atom is -0.461 e. The number of rotatable bonds is 12. The van der Waals surface area contributed by atoms with Gasteiger partial charge in [-0.05, 0) is 49.1 Å². The molecule has 2 N–H and O–H groups in total. The number of carbonyl (C=O) groups is 3. The molecule has 0 aliphatic carbocycles. The van der Waals surface area contributed by atoms with Crippen LogP contribution in [0.25, 0.3) is 0 Å². The number of carbonyl (C=O) groups excluding carboxylic acids is 3. The lowest BCUT2D eigenvalue weighted by Gasteiger charge is -2.09. The van der Waals surface area contributed by atoms with E-state index in [1.807, 2.05) is 18.6 Å². The van der Waals surface area contributed by atoms with E-state index in [1.165, 1.54) is 24.3 Å².